The standard InChI is InChI=1S/C41H48F2N6O6/c1-6-23-9-7-10-24-15-27(54-22-51-5)16-28(31(23)24)34-33(43)35-32-36(46-38(45-35)53-21-41-13-8-14-47(41)18-25(42)17-41)48-19-26-11-12-29(30(48)20-52-37(32)44-34)49(26)39(50)55-40(2,3)4/h7,9-10,15-16,25-26,29-30H,6,8,11-14,17-22H2,1-5H3/t25-,26?,29?,30?,41+/m1/s1. The molecule has 7 heterocycles. The maximum Gasteiger partial charge on any atom is 0.410 e. The van der Waals surface area contributed by atoms with Crippen molar-refractivity contribution in [2.24, 2.45) is 0 Å². The zero-order chi connectivity index (χ0) is 38.2. The van der Waals surface area contributed by atoms with Crippen molar-refractivity contribution in [3.63, 3.8) is 0 Å². The van der Waals surface area contributed by atoms with Crippen molar-refractivity contribution in [2.75, 3.05) is 51.7 Å². The Bertz CT molecular complexity index is 2170. The molecular formula is C41H48F2N6O6. The Balaban J connectivity index is 1.20. The molecule has 5 atom stereocenters. The van der Waals surface area contributed by atoms with Gasteiger partial charge in [0.1, 0.15) is 53.2 Å². The fourth-order valence-electron chi connectivity index (χ4n) is 9.72. The number of halogens is 2. The van der Waals surface area contributed by atoms with Crippen LogP contribution in [-0.4, -0.2) is 113 Å². The summed E-state index contributed by atoms with van der Waals surface area (Å²) in [7, 11) is 1.54. The summed E-state index contributed by atoms with van der Waals surface area (Å²) in [6.45, 7) is 9.64. The zero-order valence-corrected chi connectivity index (χ0v) is 32.1. The van der Waals surface area contributed by atoms with Crippen molar-refractivity contribution in [3.05, 3.63) is 41.7 Å². The molecule has 4 fully saturated rings. The number of alkyl halides is 1. The molecule has 5 aliphatic heterocycles. The highest BCUT2D eigenvalue weighted by atomic mass is 19.1. The van der Waals surface area contributed by atoms with Crippen molar-refractivity contribution in [3.8, 4) is 28.9 Å². The summed E-state index contributed by atoms with van der Waals surface area (Å²) in [6.07, 6.45) is 3.08. The second-order valence-electron chi connectivity index (χ2n) is 16.6. The SMILES string of the molecule is CCc1cccc2cc(OCOC)cc(-c3nc4c5c(nc(OC[C@@]67CCCN6C[C@H](F)C7)nc5c3F)N3CC5CCC(C3CO4)N5C(=O)OC(C)(C)C)c12. The number of ether oxygens (including phenoxy) is 5. The molecule has 9 rings (SSSR count). The van der Waals surface area contributed by atoms with Crippen LogP contribution in [0, 0.1) is 5.82 Å². The van der Waals surface area contributed by atoms with E-state index in [0.29, 0.717) is 48.4 Å². The first-order valence-corrected chi connectivity index (χ1v) is 19.5. The monoisotopic (exact) mass is 758 g/mol. The summed E-state index contributed by atoms with van der Waals surface area (Å²) < 4.78 is 62.3. The molecule has 2 aromatic heterocycles. The molecule has 2 aromatic carbocycles. The highest BCUT2D eigenvalue weighted by molar-refractivity contribution is 6.03. The summed E-state index contributed by atoms with van der Waals surface area (Å²) in [6, 6.07) is 8.94. The van der Waals surface area contributed by atoms with Gasteiger partial charge in [-0.15, -0.1) is 0 Å². The number of benzene rings is 2. The lowest BCUT2D eigenvalue weighted by Gasteiger charge is -2.46. The van der Waals surface area contributed by atoms with Crippen molar-refractivity contribution in [1.82, 2.24) is 24.8 Å². The number of piperazine rings is 1. The van der Waals surface area contributed by atoms with Gasteiger partial charge in [-0.1, -0.05) is 25.1 Å². The molecule has 55 heavy (non-hydrogen) atoms. The first-order chi connectivity index (χ1) is 26.5. The van der Waals surface area contributed by atoms with Crippen LogP contribution in [0.3, 0.4) is 0 Å². The fraction of sp³-hybridized carbons (Fsp3) is 0.561. The van der Waals surface area contributed by atoms with E-state index in [1.165, 1.54) is 0 Å². The molecule has 292 valence electrons. The molecular weight excluding hydrogens is 710 g/mol. The van der Waals surface area contributed by atoms with Gasteiger partial charge in [0.15, 0.2) is 12.6 Å². The highest BCUT2D eigenvalue weighted by Crippen LogP contribution is 2.47. The van der Waals surface area contributed by atoms with Gasteiger partial charge in [0.2, 0.25) is 5.88 Å². The lowest BCUT2D eigenvalue weighted by molar-refractivity contribution is 0.00537. The molecule has 0 N–H and O–H groups in total. The van der Waals surface area contributed by atoms with Gasteiger partial charge in [0, 0.05) is 32.2 Å². The molecule has 5 aliphatic rings. The smallest absolute Gasteiger partial charge is 0.410 e. The number of aryl methyl sites for hydroxylation is 1. The van der Waals surface area contributed by atoms with E-state index in [1.54, 1.807) is 13.2 Å². The number of fused-ring (bicyclic) bond motifs is 7. The van der Waals surface area contributed by atoms with Crippen molar-refractivity contribution in [2.45, 2.75) is 102 Å². The molecule has 12 nitrogen and oxygen atoms in total. The van der Waals surface area contributed by atoms with Crippen molar-refractivity contribution < 1.29 is 37.3 Å². The van der Waals surface area contributed by atoms with E-state index in [2.05, 4.69) is 16.7 Å². The van der Waals surface area contributed by atoms with Crippen LogP contribution >= 0.6 is 0 Å². The lowest BCUT2D eigenvalue weighted by Crippen LogP contribution is -2.63. The van der Waals surface area contributed by atoms with E-state index >= 15 is 4.39 Å². The normalized spacial score (nSPS) is 25.9. The molecule has 4 aromatic rings. The Kier molecular flexibility index (Phi) is 8.91. The minimum atomic E-state index is -0.930. The number of pyridine rings is 1. The average Bonchev–Trinajstić information content (AvgIpc) is 3.76. The van der Waals surface area contributed by atoms with Crippen LogP contribution in [0.15, 0.2) is 30.3 Å². The second-order valence-corrected chi connectivity index (χ2v) is 16.6. The number of carbonyl (C=O) groups is 1. The molecule has 0 aliphatic carbocycles. The number of amides is 1. The maximum absolute atomic E-state index is 17.6. The number of anilines is 1. The molecule has 0 radical (unpaired) electrons. The van der Waals surface area contributed by atoms with Gasteiger partial charge in [-0.25, -0.2) is 18.6 Å². The van der Waals surface area contributed by atoms with E-state index in [0.717, 1.165) is 48.6 Å². The average molecular weight is 759 g/mol. The maximum atomic E-state index is 17.6. The van der Waals surface area contributed by atoms with Crippen LogP contribution in [0.5, 0.6) is 17.6 Å². The molecule has 4 saturated heterocycles. The number of hydrogen-bond acceptors (Lipinski definition) is 11. The predicted octanol–water partition coefficient (Wildman–Crippen LogP) is 6.83. The number of rotatable bonds is 8. The van der Waals surface area contributed by atoms with Gasteiger partial charge in [-0.3, -0.25) is 9.80 Å². The minimum absolute atomic E-state index is 0.00638. The summed E-state index contributed by atoms with van der Waals surface area (Å²) in [5.41, 5.74) is 0.506. The Labute approximate surface area is 319 Å². The van der Waals surface area contributed by atoms with Gasteiger partial charge >= 0.3 is 12.1 Å². The van der Waals surface area contributed by atoms with Crippen LogP contribution in [0.1, 0.15) is 65.4 Å². The Morgan fingerprint density at radius 3 is 2.73 bits per heavy atom. The zero-order valence-electron chi connectivity index (χ0n) is 32.1. The molecule has 14 heteroatoms. The summed E-state index contributed by atoms with van der Waals surface area (Å²) in [5, 5.41) is 2.05. The first kappa shape index (κ1) is 36.1. The molecule has 0 saturated carbocycles. The van der Waals surface area contributed by atoms with Crippen LogP contribution < -0.4 is 19.1 Å². The van der Waals surface area contributed by atoms with Gasteiger partial charge in [0.25, 0.3) is 0 Å². The second kappa shape index (κ2) is 13.6. The van der Waals surface area contributed by atoms with Crippen molar-refractivity contribution >= 4 is 33.6 Å². The van der Waals surface area contributed by atoms with Crippen LogP contribution in [-0.2, 0) is 15.9 Å². The number of aromatic nitrogens is 3. The van der Waals surface area contributed by atoms with Gasteiger partial charge in [0.05, 0.1) is 23.7 Å². The first-order valence-electron chi connectivity index (χ1n) is 19.5. The summed E-state index contributed by atoms with van der Waals surface area (Å²) >= 11 is 0. The number of methoxy groups -OCH3 is 1. The third kappa shape index (κ3) is 6.16. The summed E-state index contributed by atoms with van der Waals surface area (Å²) in [5.74, 6) is 0.495. The highest BCUT2D eigenvalue weighted by Gasteiger charge is 2.52. The molecule has 2 bridgehead atoms. The summed E-state index contributed by atoms with van der Waals surface area (Å²) in [4.78, 5) is 34.4. The Morgan fingerprint density at radius 1 is 1.07 bits per heavy atom. The van der Waals surface area contributed by atoms with Crippen LogP contribution in [0.25, 0.3) is 32.9 Å². The Hall–Kier alpha value is -4.56. The van der Waals surface area contributed by atoms with Gasteiger partial charge in [-0.05, 0) is 87.9 Å². The number of hydrogen-bond donors (Lipinski definition) is 0. The molecule has 1 amide bonds. The third-order valence-electron chi connectivity index (χ3n) is 12.0. The topological polar surface area (TPSA) is 112 Å². The largest absolute Gasteiger partial charge is 0.475 e. The third-order valence-corrected chi connectivity index (χ3v) is 12.0. The van der Waals surface area contributed by atoms with Crippen LogP contribution in [0.2, 0.25) is 0 Å². The minimum Gasteiger partial charge on any atom is -0.475 e. The van der Waals surface area contributed by atoms with E-state index in [4.69, 9.17) is 38.6 Å². The lowest BCUT2D eigenvalue weighted by atomic mass is 9.94. The van der Waals surface area contributed by atoms with Crippen molar-refractivity contribution in [1.29, 1.82) is 0 Å². The van der Waals surface area contributed by atoms with E-state index in [1.807, 2.05) is 49.9 Å². The number of carbonyl (C=O) groups excluding carboxylic acids is 1. The van der Waals surface area contributed by atoms with Gasteiger partial charge < -0.3 is 28.6 Å². The molecule has 0 spiro atoms. The quantitative estimate of drug-likeness (QED) is 0.176. The predicted molar refractivity (Wildman–Crippen MR) is 202 cm³/mol. The van der Waals surface area contributed by atoms with Gasteiger partial charge in [-0.2, -0.15) is 9.97 Å². The van der Waals surface area contributed by atoms with Crippen LogP contribution in [0.4, 0.5) is 19.4 Å². The number of nitrogens with zero attached hydrogens (tertiary/aromatic N) is 6. The Morgan fingerprint density at radius 2 is 1.93 bits per heavy atom. The van der Waals surface area contributed by atoms with E-state index < -0.39 is 23.1 Å². The fourth-order valence-corrected chi connectivity index (χ4v) is 9.72. The molecule has 3 unspecified atom stereocenters. The van der Waals surface area contributed by atoms with E-state index in [9.17, 15) is 9.18 Å². The van der Waals surface area contributed by atoms with E-state index in [-0.39, 0.29) is 67.3 Å².